The lowest BCUT2D eigenvalue weighted by Gasteiger charge is -2.32. The van der Waals surface area contributed by atoms with Gasteiger partial charge in [-0.05, 0) is 30.4 Å². The highest BCUT2D eigenvalue weighted by atomic mass is 16.4. The highest BCUT2D eigenvalue weighted by Gasteiger charge is 2.34. The summed E-state index contributed by atoms with van der Waals surface area (Å²) >= 11 is 0. The van der Waals surface area contributed by atoms with Crippen LogP contribution in [0.2, 0.25) is 0 Å². The van der Waals surface area contributed by atoms with Crippen molar-refractivity contribution in [2.24, 2.45) is 11.3 Å². The second-order valence-electron chi connectivity index (χ2n) is 9.00. The van der Waals surface area contributed by atoms with Gasteiger partial charge in [0.05, 0.1) is 18.6 Å². The minimum atomic E-state index is -1.07. The normalized spacial score (nSPS) is 14.5. The zero-order chi connectivity index (χ0) is 24.6. The van der Waals surface area contributed by atoms with Crippen LogP contribution >= 0.6 is 0 Å². The Morgan fingerprint density at radius 3 is 2.16 bits per heavy atom. The van der Waals surface area contributed by atoms with Gasteiger partial charge in [-0.3, -0.25) is 14.4 Å². The molecular weight excluding hydrogens is 414 g/mol. The number of carbonyl (C=O) groups is 4. The summed E-state index contributed by atoms with van der Waals surface area (Å²) in [6.07, 6.45) is 5.76. The number of aliphatic carboxylic acids is 1. The van der Waals surface area contributed by atoms with Gasteiger partial charge in [0, 0.05) is 18.1 Å². The monoisotopic (exact) mass is 447 g/mol. The summed E-state index contributed by atoms with van der Waals surface area (Å²) in [6, 6.07) is 0.112. The van der Waals surface area contributed by atoms with Crippen molar-refractivity contribution < 1.29 is 28.7 Å². The van der Waals surface area contributed by atoms with E-state index in [4.69, 9.17) is 9.52 Å². The van der Waals surface area contributed by atoms with Gasteiger partial charge in [0.25, 0.3) is 5.91 Å². The molecule has 0 bridgehead atoms. The van der Waals surface area contributed by atoms with Gasteiger partial charge in [0.2, 0.25) is 11.8 Å². The molecule has 0 unspecified atom stereocenters. The number of rotatable bonds is 9. The molecule has 1 aromatic rings. The summed E-state index contributed by atoms with van der Waals surface area (Å²) in [6.45, 7) is 11.8. The van der Waals surface area contributed by atoms with Gasteiger partial charge >= 0.3 is 5.97 Å². The van der Waals surface area contributed by atoms with Gasteiger partial charge < -0.3 is 25.5 Å². The third-order valence-electron chi connectivity index (χ3n) is 4.61. The van der Waals surface area contributed by atoms with Crippen molar-refractivity contribution in [3.05, 3.63) is 41.5 Å². The maximum absolute atomic E-state index is 13.1. The van der Waals surface area contributed by atoms with Crippen molar-refractivity contribution in [3.63, 3.8) is 0 Å². The van der Waals surface area contributed by atoms with Gasteiger partial charge in [-0.25, -0.2) is 4.79 Å². The molecular formula is C23H33N3O6. The summed E-state index contributed by atoms with van der Waals surface area (Å²) in [5, 5.41) is 17.1. The van der Waals surface area contributed by atoms with Crippen molar-refractivity contribution in [2.75, 3.05) is 0 Å². The zero-order valence-corrected chi connectivity index (χ0v) is 19.6. The molecule has 1 aromatic heterocycles. The first-order valence-electron chi connectivity index (χ1n) is 10.3. The minimum absolute atomic E-state index is 0.0389. The molecule has 0 saturated heterocycles. The Balaban J connectivity index is 3.17. The minimum Gasteiger partial charge on any atom is -0.478 e. The lowest BCUT2D eigenvalue weighted by molar-refractivity contribution is -0.133. The van der Waals surface area contributed by atoms with Crippen molar-refractivity contribution in [3.8, 4) is 0 Å². The zero-order valence-electron chi connectivity index (χ0n) is 19.6. The van der Waals surface area contributed by atoms with E-state index in [2.05, 4.69) is 16.0 Å². The molecule has 0 aliphatic carbocycles. The number of furan rings is 1. The second kappa shape index (κ2) is 11.3. The molecule has 0 spiro atoms. The number of nitrogens with one attached hydrogen (secondary N) is 3. The van der Waals surface area contributed by atoms with Gasteiger partial charge in [0.1, 0.15) is 11.7 Å². The maximum atomic E-state index is 13.1. The van der Waals surface area contributed by atoms with Gasteiger partial charge in [-0.2, -0.15) is 0 Å². The molecule has 0 aromatic carbocycles. The molecule has 0 saturated carbocycles. The molecule has 4 N–H and O–H groups in total. The molecule has 0 aliphatic heterocycles. The van der Waals surface area contributed by atoms with E-state index < -0.39 is 41.2 Å². The van der Waals surface area contributed by atoms with Crippen LogP contribution in [0.3, 0.4) is 0 Å². The summed E-state index contributed by atoms with van der Waals surface area (Å²) < 4.78 is 4.99. The van der Waals surface area contributed by atoms with Crippen LogP contribution < -0.4 is 16.0 Å². The predicted octanol–water partition coefficient (Wildman–Crippen LogP) is 2.46. The Morgan fingerprint density at radius 2 is 1.72 bits per heavy atom. The van der Waals surface area contributed by atoms with Crippen LogP contribution in [0.15, 0.2) is 40.4 Å². The summed E-state index contributed by atoms with van der Waals surface area (Å²) in [5.41, 5.74) is -0.0433. The van der Waals surface area contributed by atoms with Crippen molar-refractivity contribution in [2.45, 2.75) is 60.5 Å². The molecule has 9 heteroatoms. The Morgan fingerprint density at radius 1 is 1.09 bits per heavy atom. The largest absolute Gasteiger partial charge is 0.478 e. The van der Waals surface area contributed by atoms with Crippen LogP contribution in [-0.4, -0.2) is 40.9 Å². The average Bonchev–Trinajstić information content (AvgIpc) is 3.16. The first kappa shape index (κ1) is 26.7. The fourth-order valence-corrected chi connectivity index (χ4v) is 2.75. The Kier molecular flexibility index (Phi) is 9.43. The van der Waals surface area contributed by atoms with E-state index in [1.54, 1.807) is 26.8 Å². The van der Waals surface area contributed by atoms with E-state index in [9.17, 15) is 19.2 Å². The first-order valence-corrected chi connectivity index (χ1v) is 10.3. The molecule has 0 radical (unpaired) electrons. The topological polar surface area (TPSA) is 138 Å². The second-order valence-corrected chi connectivity index (χ2v) is 9.00. The highest BCUT2D eigenvalue weighted by Crippen LogP contribution is 2.21. The Hall–Kier alpha value is -3.36. The third kappa shape index (κ3) is 8.41. The number of hydrogen-bond donors (Lipinski definition) is 4. The van der Waals surface area contributed by atoms with E-state index in [-0.39, 0.29) is 17.2 Å². The molecule has 3 amide bonds. The molecule has 0 fully saturated rings. The van der Waals surface area contributed by atoms with Crippen LogP contribution in [0.4, 0.5) is 0 Å². The fraction of sp³-hybridized carbons (Fsp3) is 0.478. The smallest absolute Gasteiger partial charge is 0.331 e. The molecule has 1 rings (SSSR count). The molecule has 9 nitrogen and oxygen atoms in total. The lowest BCUT2D eigenvalue weighted by atomic mass is 9.85. The van der Waals surface area contributed by atoms with Crippen LogP contribution in [0.25, 0.3) is 6.08 Å². The van der Waals surface area contributed by atoms with E-state index >= 15 is 0 Å². The first-order chi connectivity index (χ1) is 14.7. The van der Waals surface area contributed by atoms with E-state index in [0.717, 1.165) is 0 Å². The Bertz CT molecular complexity index is 891. The number of carboxylic acids is 1. The van der Waals surface area contributed by atoms with Gasteiger partial charge in [0.15, 0.2) is 0 Å². The van der Waals surface area contributed by atoms with E-state index in [0.29, 0.717) is 5.56 Å². The van der Waals surface area contributed by atoms with Gasteiger partial charge in [-0.15, -0.1) is 0 Å². The lowest BCUT2D eigenvalue weighted by Crippen LogP contribution is -2.56. The number of carbonyl (C=O) groups excluding carboxylic acids is 3. The predicted molar refractivity (Wildman–Crippen MR) is 120 cm³/mol. The molecule has 0 aliphatic rings. The molecule has 2 atom stereocenters. The summed E-state index contributed by atoms with van der Waals surface area (Å²) in [5.74, 6) is -2.71. The maximum Gasteiger partial charge on any atom is 0.331 e. The quantitative estimate of drug-likeness (QED) is 0.429. The summed E-state index contributed by atoms with van der Waals surface area (Å²) in [4.78, 5) is 48.9. The molecule has 32 heavy (non-hydrogen) atoms. The molecule has 1 heterocycles. The van der Waals surface area contributed by atoms with Crippen LogP contribution in [-0.2, 0) is 19.2 Å². The van der Waals surface area contributed by atoms with Crippen LogP contribution in [0, 0.1) is 11.3 Å². The highest BCUT2D eigenvalue weighted by molar-refractivity contribution is 6.03. The number of carboxylic acid groups (broad SMARTS) is 1. The average molecular weight is 448 g/mol. The van der Waals surface area contributed by atoms with Crippen molar-refractivity contribution >= 4 is 29.8 Å². The SMILES string of the molecule is CC(=O)N/C(=C\c1ccoc1)C(=O)N[C@H](C(=O)N[C@H](/C=C(\C)C(=O)O)C(C)C)C(C)(C)C. The van der Waals surface area contributed by atoms with Crippen molar-refractivity contribution in [1.29, 1.82) is 0 Å². The van der Waals surface area contributed by atoms with E-state index in [1.165, 1.54) is 38.5 Å². The van der Waals surface area contributed by atoms with Gasteiger partial charge in [-0.1, -0.05) is 40.7 Å². The number of amides is 3. The van der Waals surface area contributed by atoms with E-state index in [1.807, 2.05) is 13.8 Å². The fourth-order valence-electron chi connectivity index (χ4n) is 2.75. The van der Waals surface area contributed by atoms with Crippen LogP contribution in [0.5, 0.6) is 0 Å². The van der Waals surface area contributed by atoms with Crippen LogP contribution in [0.1, 0.15) is 54.0 Å². The number of hydrogen-bond acceptors (Lipinski definition) is 5. The standard InChI is InChI=1S/C23H33N3O6/c1-13(2)17(10-14(3)22(30)31)25-21(29)19(23(5,6)7)26-20(28)18(24-15(4)27)11-16-8-9-32-12-16/h8-13,17,19H,1-7H3,(H,24,27)(H,25,29)(H,26,28)(H,30,31)/b14-10+,18-11-/t17-,19-/m1/s1. The Labute approximate surface area is 188 Å². The summed E-state index contributed by atoms with van der Waals surface area (Å²) in [7, 11) is 0. The molecule has 176 valence electrons. The van der Waals surface area contributed by atoms with Crippen molar-refractivity contribution in [1.82, 2.24) is 16.0 Å². The third-order valence-corrected chi connectivity index (χ3v) is 4.61.